The molecule has 2 heterocycles. The summed E-state index contributed by atoms with van der Waals surface area (Å²) < 4.78 is 5.08. The van der Waals surface area contributed by atoms with Crippen molar-refractivity contribution in [1.29, 1.82) is 5.26 Å². The number of hydrogen-bond acceptors (Lipinski definition) is 5. The molecule has 1 N–H and O–H groups in total. The first-order chi connectivity index (χ1) is 15.2. The molecule has 1 aromatic heterocycles. The van der Waals surface area contributed by atoms with Crippen molar-refractivity contribution >= 4 is 17.5 Å². The van der Waals surface area contributed by atoms with Gasteiger partial charge in [0, 0.05) is 37.4 Å². The highest BCUT2D eigenvalue weighted by Gasteiger charge is 2.32. The van der Waals surface area contributed by atoms with Crippen LogP contribution in [-0.2, 0) is 0 Å². The lowest BCUT2D eigenvalue weighted by molar-refractivity contribution is 0.0538. The van der Waals surface area contributed by atoms with Crippen molar-refractivity contribution in [2.45, 2.75) is 38.1 Å². The van der Waals surface area contributed by atoms with Gasteiger partial charge in [-0.15, -0.1) is 0 Å². The number of anilines is 1. The molecule has 1 saturated carbocycles. The molecule has 1 aliphatic heterocycles. The lowest BCUT2D eigenvalue weighted by Gasteiger charge is -2.40. The van der Waals surface area contributed by atoms with E-state index in [9.17, 15) is 14.9 Å². The molecule has 1 atom stereocenters. The van der Waals surface area contributed by atoms with Gasteiger partial charge in [-0.2, -0.15) is 5.26 Å². The molecule has 2 aromatic rings. The average molecular weight is 421 g/mol. The summed E-state index contributed by atoms with van der Waals surface area (Å²) in [5.74, 6) is 0.354. The molecule has 1 aliphatic carbocycles. The van der Waals surface area contributed by atoms with Crippen molar-refractivity contribution in [2.75, 3.05) is 31.5 Å². The Bertz CT molecular complexity index is 919. The molecule has 1 saturated heterocycles. The standard InChI is InChI=1S/C24H28N4O3/c25-17-21(18-5-2-1-3-6-18)27-12-14-28(15-13-27)24(30)19-8-10-20(11-9-19)26-23(29)22-7-4-16-31-22/h4,7-11,16,18,21H,1-3,5-6,12-15H2,(H,26,29). The third-order valence-electron chi connectivity index (χ3n) is 6.36. The highest BCUT2D eigenvalue weighted by Crippen LogP contribution is 2.29. The van der Waals surface area contributed by atoms with Crippen LogP contribution in [0.5, 0.6) is 0 Å². The van der Waals surface area contributed by atoms with Gasteiger partial charge in [0.1, 0.15) is 6.04 Å². The number of benzene rings is 1. The molecule has 2 aliphatic rings. The topological polar surface area (TPSA) is 89.6 Å². The number of rotatable bonds is 5. The molecule has 31 heavy (non-hydrogen) atoms. The van der Waals surface area contributed by atoms with Crippen molar-refractivity contribution in [3.05, 3.63) is 54.0 Å². The van der Waals surface area contributed by atoms with Crippen molar-refractivity contribution in [1.82, 2.24) is 9.80 Å². The lowest BCUT2D eigenvalue weighted by Crippen LogP contribution is -2.53. The van der Waals surface area contributed by atoms with E-state index in [2.05, 4.69) is 16.3 Å². The first-order valence-corrected chi connectivity index (χ1v) is 11.0. The molecule has 7 heteroatoms. The van der Waals surface area contributed by atoms with E-state index in [4.69, 9.17) is 4.42 Å². The van der Waals surface area contributed by atoms with Gasteiger partial charge in [0.2, 0.25) is 0 Å². The second-order valence-corrected chi connectivity index (χ2v) is 8.31. The third-order valence-corrected chi connectivity index (χ3v) is 6.36. The van der Waals surface area contributed by atoms with Crippen LogP contribution in [0, 0.1) is 17.2 Å². The molecule has 1 aromatic carbocycles. The highest BCUT2D eigenvalue weighted by atomic mass is 16.3. The molecule has 0 spiro atoms. The first kappa shape index (κ1) is 21.1. The molecule has 1 unspecified atom stereocenters. The van der Waals surface area contributed by atoms with Crippen LogP contribution in [0.15, 0.2) is 47.1 Å². The zero-order valence-corrected chi connectivity index (χ0v) is 17.6. The summed E-state index contributed by atoms with van der Waals surface area (Å²) in [4.78, 5) is 29.1. The van der Waals surface area contributed by atoms with Crippen LogP contribution < -0.4 is 5.32 Å². The van der Waals surface area contributed by atoms with Crippen LogP contribution in [0.4, 0.5) is 5.69 Å². The van der Waals surface area contributed by atoms with E-state index in [1.165, 1.54) is 25.5 Å². The van der Waals surface area contributed by atoms with Gasteiger partial charge in [-0.05, 0) is 55.2 Å². The van der Waals surface area contributed by atoms with E-state index < -0.39 is 0 Å². The second kappa shape index (κ2) is 9.80. The monoisotopic (exact) mass is 420 g/mol. The van der Waals surface area contributed by atoms with E-state index in [-0.39, 0.29) is 23.6 Å². The van der Waals surface area contributed by atoms with E-state index in [1.54, 1.807) is 36.4 Å². The van der Waals surface area contributed by atoms with Gasteiger partial charge in [-0.25, -0.2) is 0 Å². The average Bonchev–Trinajstić information content (AvgIpc) is 3.36. The van der Waals surface area contributed by atoms with Gasteiger partial charge in [0.15, 0.2) is 5.76 Å². The summed E-state index contributed by atoms with van der Waals surface area (Å²) in [5, 5.41) is 12.5. The van der Waals surface area contributed by atoms with Crippen molar-refractivity contribution in [2.24, 2.45) is 5.92 Å². The van der Waals surface area contributed by atoms with E-state index in [0.29, 0.717) is 30.3 Å². The largest absolute Gasteiger partial charge is 0.459 e. The number of piperazine rings is 1. The molecule has 162 valence electrons. The van der Waals surface area contributed by atoms with E-state index in [1.807, 2.05) is 4.90 Å². The minimum atomic E-state index is -0.329. The van der Waals surface area contributed by atoms with Crippen LogP contribution in [0.3, 0.4) is 0 Å². The van der Waals surface area contributed by atoms with Gasteiger partial charge >= 0.3 is 0 Å². The predicted molar refractivity (Wildman–Crippen MR) is 117 cm³/mol. The number of nitrogens with zero attached hydrogens (tertiary/aromatic N) is 3. The van der Waals surface area contributed by atoms with Crippen molar-refractivity contribution in [3.8, 4) is 6.07 Å². The van der Waals surface area contributed by atoms with E-state index in [0.717, 1.165) is 25.9 Å². The second-order valence-electron chi connectivity index (χ2n) is 8.31. The maximum absolute atomic E-state index is 12.9. The van der Waals surface area contributed by atoms with Gasteiger partial charge < -0.3 is 14.6 Å². The number of amides is 2. The normalized spacial score (nSPS) is 18.9. The van der Waals surface area contributed by atoms with Crippen LogP contribution >= 0.6 is 0 Å². The molecule has 4 rings (SSSR count). The van der Waals surface area contributed by atoms with Gasteiger partial charge in [0.05, 0.1) is 12.3 Å². The van der Waals surface area contributed by atoms with Gasteiger partial charge in [0.25, 0.3) is 11.8 Å². The van der Waals surface area contributed by atoms with Crippen LogP contribution in [0.25, 0.3) is 0 Å². The highest BCUT2D eigenvalue weighted by molar-refractivity contribution is 6.02. The molecule has 2 fully saturated rings. The minimum absolute atomic E-state index is 0.0188. The summed E-state index contributed by atoms with van der Waals surface area (Å²) >= 11 is 0. The van der Waals surface area contributed by atoms with Crippen molar-refractivity contribution in [3.63, 3.8) is 0 Å². The predicted octanol–water partition coefficient (Wildman–Crippen LogP) is 3.76. The maximum atomic E-state index is 12.9. The Hall–Kier alpha value is -3.11. The van der Waals surface area contributed by atoms with E-state index >= 15 is 0 Å². The fourth-order valence-electron chi connectivity index (χ4n) is 4.62. The number of hydrogen-bond donors (Lipinski definition) is 1. The fourth-order valence-corrected chi connectivity index (χ4v) is 4.62. The summed E-state index contributed by atoms with van der Waals surface area (Å²) in [7, 11) is 0. The SMILES string of the molecule is N#CC(C1CCCCC1)N1CCN(C(=O)c2ccc(NC(=O)c3ccco3)cc2)CC1. The summed E-state index contributed by atoms with van der Waals surface area (Å²) in [6.45, 7) is 2.72. The number of carbonyl (C=O) groups is 2. The third kappa shape index (κ3) is 4.97. The number of nitrogens with one attached hydrogen (secondary N) is 1. The Morgan fingerprint density at radius 3 is 2.35 bits per heavy atom. The Balaban J connectivity index is 1.31. The lowest BCUT2D eigenvalue weighted by atomic mass is 9.83. The quantitative estimate of drug-likeness (QED) is 0.795. The van der Waals surface area contributed by atoms with Crippen LogP contribution in [-0.4, -0.2) is 53.8 Å². The summed E-state index contributed by atoms with van der Waals surface area (Å²) in [6, 6.07) is 12.7. The fraction of sp³-hybridized carbons (Fsp3) is 0.458. The van der Waals surface area contributed by atoms with Gasteiger partial charge in [-0.1, -0.05) is 19.3 Å². The number of furan rings is 1. The summed E-state index contributed by atoms with van der Waals surface area (Å²) in [5.41, 5.74) is 1.20. The summed E-state index contributed by atoms with van der Waals surface area (Å²) in [6.07, 6.45) is 7.45. The zero-order chi connectivity index (χ0) is 21.6. The molecule has 0 radical (unpaired) electrons. The number of carbonyl (C=O) groups excluding carboxylic acids is 2. The Labute approximate surface area is 182 Å². The molecule has 7 nitrogen and oxygen atoms in total. The first-order valence-electron chi connectivity index (χ1n) is 11.0. The Morgan fingerprint density at radius 1 is 1.03 bits per heavy atom. The maximum Gasteiger partial charge on any atom is 0.291 e. The number of nitriles is 1. The molecule has 2 amide bonds. The Kier molecular flexibility index (Phi) is 6.68. The molecular weight excluding hydrogens is 392 g/mol. The smallest absolute Gasteiger partial charge is 0.291 e. The van der Waals surface area contributed by atoms with Gasteiger partial charge in [-0.3, -0.25) is 14.5 Å². The molecule has 0 bridgehead atoms. The van der Waals surface area contributed by atoms with Crippen LogP contribution in [0.1, 0.15) is 53.0 Å². The molecular formula is C24H28N4O3. The zero-order valence-electron chi connectivity index (χ0n) is 17.6. The Morgan fingerprint density at radius 2 is 1.74 bits per heavy atom. The van der Waals surface area contributed by atoms with Crippen molar-refractivity contribution < 1.29 is 14.0 Å². The minimum Gasteiger partial charge on any atom is -0.459 e. The van der Waals surface area contributed by atoms with Crippen LogP contribution in [0.2, 0.25) is 0 Å².